The lowest BCUT2D eigenvalue weighted by molar-refractivity contribution is 0.592. The highest BCUT2D eigenvalue weighted by molar-refractivity contribution is 7.91. The summed E-state index contributed by atoms with van der Waals surface area (Å²) >= 11 is 5.77. The molecule has 0 bridgehead atoms. The lowest BCUT2D eigenvalue weighted by Gasteiger charge is -2.32. The van der Waals surface area contributed by atoms with Crippen LogP contribution in [0.3, 0.4) is 0 Å². The second kappa shape index (κ2) is 6.26. The van der Waals surface area contributed by atoms with E-state index >= 15 is 0 Å². The van der Waals surface area contributed by atoms with Gasteiger partial charge in [-0.3, -0.25) is 0 Å². The number of nitrogens with zero attached hydrogens (tertiary/aromatic N) is 2. The van der Waals surface area contributed by atoms with Crippen LogP contribution in [-0.4, -0.2) is 37.3 Å². The Hall–Kier alpha value is -2.10. The minimum absolute atomic E-state index is 0.0465. The maximum Gasteiger partial charge on any atom is 0.214 e. The van der Waals surface area contributed by atoms with E-state index in [-0.39, 0.29) is 27.2 Å². The van der Waals surface area contributed by atoms with E-state index in [1.54, 1.807) is 7.05 Å². The molecule has 0 spiro atoms. The molecule has 140 valence electrons. The van der Waals surface area contributed by atoms with Gasteiger partial charge in [-0.25, -0.2) is 17.5 Å². The molecule has 1 unspecified atom stereocenters. The average Bonchev–Trinajstić information content (AvgIpc) is 2.96. The molecule has 3 rings (SSSR count). The lowest BCUT2D eigenvalue weighted by atomic mass is 10.00. The van der Waals surface area contributed by atoms with Gasteiger partial charge in [0.05, 0.1) is 15.5 Å². The number of hydrogen-bond acceptors (Lipinski definition) is 6. The molecule has 7 nitrogen and oxygen atoms in total. The van der Waals surface area contributed by atoms with Crippen molar-refractivity contribution in [1.82, 2.24) is 9.78 Å². The Labute approximate surface area is 155 Å². The van der Waals surface area contributed by atoms with Crippen molar-refractivity contribution in [2.24, 2.45) is 5.73 Å². The highest BCUT2D eigenvalue weighted by atomic mass is 35.5. The first-order valence-electron chi connectivity index (χ1n) is 7.82. The van der Waals surface area contributed by atoms with E-state index in [0.29, 0.717) is 5.82 Å². The number of fused-ring (bicyclic) bond motifs is 1. The van der Waals surface area contributed by atoms with Crippen molar-refractivity contribution in [3.05, 3.63) is 35.1 Å². The zero-order valence-electron chi connectivity index (χ0n) is 14.5. The molecular weight excluding hydrogens is 381 g/mol. The summed E-state index contributed by atoms with van der Waals surface area (Å²) in [6.45, 7) is 3.93. The summed E-state index contributed by atoms with van der Waals surface area (Å²) in [4.78, 5) is -0.172. The van der Waals surface area contributed by atoms with E-state index in [4.69, 9.17) is 17.3 Å². The molecule has 0 aliphatic carbocycles. The van der Waals surface area contributed by atoms with E-state index in [2.05, 4.69) is 15.7 Å². The van der Waals surface area contributed by atoms with Gasteiger partial charge in [0.25, 0.3) is 0 Å². The topological polar surface area (TPSA) is 102 Å². The summed E-state index contributed by atoms with van der Waals surface area (Å²) in [5.74, 6) is -0.228. The molecule has 1 aromatic carbocycles. The van der Waals surface area contributed by atoms with E-state index in [1.807, 2.05) is 19.9 Å². The molecule has 0 radical (unpaired) electrons. The quantitative estimate of drug-likeness (QED) is 0.683. The van der Waals surface area contributed by atoms with Crippen LogP contribution in [0.1, 0.15) is 13.8 Å². The fourth-order valence-corrected chi connectivity index (χ4v) is 4.68. The predicted molar refractivity (Wildman–Crippen MR) is 99.7 cm³/mol. The van der Waals surface area contributed by atoms with Gasteiger partial charge in [0.2, 0.25) is 9.84 Å². The largest absolute Gasteiger partial charge is 0.370 e. The molecule has 1 aliphatic rings. The zero-order chi connectivity index (χ0) is 19.3. The van der Waals surface area contributed by atoms with Gasteiger partial charge in [0.1, 0.15) is 5.82 Å². The Morgan fingerprint density at radius 2 is 2.15 bits per heavy atom. The normalized spacial score (nSPS) is 19.5. The minimum atomic E-state index is -4.03. The number of nitrogens with one attached hydrogen (secondary N) is 2. The van der Waals surface area contributed by atoms with Gasteiger partial charge in [0.15, 0.2) is 16.5 Å². The van der Waals surface area contributed by atoms with Gasteiger partial charge in [0, 0.05) is 19.3 Å². The molecular formula is C16H19ClFN5O2S. The highest BCUT2D eigenvalue weighted by Gasteiger charge is 2.36. The molecule has 0 saturated heterocycles. The molecule has 1 aromatic heterocycles. The average molecular weight is 400 g/mol. The summed E-state index contributed by atoms with van der Waals surface area (Å²) in [7, 11) is -2.45. The van der Waals surface area contributed by atoms with Gasteiger partial charge in [-0.05, 0) is 38.1 Å². The summed E-state index contributed by atoms with van der Waals surface area (Å²) in [5, 5.41) is 10.0. The van der Waals surface area contributed by atoms with Gasteiger partial charge in [-0.2, -0.15) is 0 Å². The number of benzene rings is 1. The smallest absolute Gasteiger partial charge is 0.214 e. The Bertz CT molecular complexity index is 1020. The van der Waals surface area contributed by atoms with E-state index < -0.39 is 21.2 Å². The van der Waals surface area contributed by atoms with Crippen molar-refractivity contribution >= 4 is 38.8 Å². The molecule has 26 heavy (non-hydrogen) atoms. The van der Waals surface area contributed by atoms with Crippen LogP contribution in [-0.2, 0) is 9.84 Å². The Kier molecular flexibility index (Phi) is 4.50. The van der Waals surface area contributed by atoms with Crippen molar-refractivity contribution in [3.63, 3.8) is 0 Å². The molecule has 0 fully saturated rings. The Morgan fingerprint density at radius 3 is 2.73 bits per heavy atom. The standard InChI is InChI=1S/C16H19ClFN5O2S/c1-9-7-16(2,8-19)21-15-13(14(20-3)22-23(9)15)26(24,25)10-4-5-12(18)11(17)6-10/h4-7,21H,8,19H2,1-3H3,(H,20,22). The van der Waals surface area contributed by atoms with Crippen molar-refractivity contribution < 1.29 is 12.8 Å². The molecule has 2 aromatic rings. The number of aromatic nitrogens is 2. The first kappa shape index (κ1) is 18.7. The van der Waals surface area contributed by atoms with Crippen LogP contribution in [0, 0.1) is 5.82 Å². The third kappa shape index (κ3) is 2.85. The zero-order valence-corrected chi connectivity index (χ0v) is 16.0. The molecule has 1 aliphatic heterocycles. The van der Waals surface area contributed by atoms with Gasteiger partial charge < -0.3 is 16.4 Å². The monoisotopic (exact) mass is 399 g/mol. The van der Waals surface area contributed by atoms with E-state index in [9.17, 15) is 12.8 Å². The SMILES string of the molecule is CNc1nn2c(c1S(=O)(=O)c1ccc(F)c(Cl)c1)NC(C)(CN)C=C2C. The highest BCUT2D eigenvalue weighted by Crippen LogP contribution is 2.39. The number of sulfone groups is 1. The van der Waals surface area contributed by atoms with Crippen LogP contribution in [0.4, 0.5) is 16.0 Å². The number of nitrogens with two attached hydrogens (primary N) is 1. The van der Waals surface area contributed by atoms with Crippen molar-refractivity contribution in [2.75, 3.05) is 24.2 Å². The van der Waals surface area contributed by atoms with Crippen molar-refractivity contribution in [3.8, 4) is 0 Å². The van der Waals surface area contributed by atoms with Crippen LogP contribution < -0.4 is 16.4 Å². The molecule has 2 heterocycles. The van der Waals surface area contributed by atoms with E-state index in [1.165, 1.54) is 10.7 Å². The molecule has 4 N–H and O–H groups in total. The number of rotatable bonds is 4. The molecule has 10 heteroatoms. The first-order chi connectivity index (χ1) is 12.1. The van der Waals surface area contributed by atoms with Crippen LogP contribution >= 0.6 is 11.6 Å². The second-order valence-corrected chi connectivity index (χ2v) is 8.59. The molecule has 1 atom stereocenters. The van der Waals surface area contributed by atoms with Crippen molar-refractivity contribution in [2.45, 2.75) is 29.2 Å². The number of allylic oxidation sites excluding steroid dienone is 1. The summed E-state index contributed by atoms with van der Waals surface area (Å²) in [5.41, 5.74) is 5.95. The third-order valence-electron chi connectivity index (χ3n) is 4.24. The van der Waals surface area contributed by atoms with Crippen LogP contribution in [0.25, 0.3) is 5.70 Å². The summed E-state index contributed by atoms with van der Waals surface area (Å²) < 4.78 is 41.5. The lowest BCUT2D eigenvalue weighted by Crippen LogP contribution is -2.44. The van der Waals surface area contributed by atoms with Crippen LogP contribution in [0.5, 0.6) is 0 Å². The summed E-state index contributed by atoms with van der Waals surface area (Å²) in [6, 6.07) is 3.28. The first-order valence-corrected chi connectivity index (χ1v) is 9.68. The Balaban J connectivity index is 2.26. The maximum atomic E-state index is 13.5. The predicted octanol–water partition coefficient (Wildman–Crippen LogP) is 2.55. The second-order valence-electron chi connectivity index (χ2n) is 6.30. The fraction of sp³-hybridized carbons (Fsp3) is 0.312. The maximum absolute atomic E-state index is 13.5. The molecule has 0 saturated carbocycles. The minimum Gasteiger partial charge on any atom is -0.370 e. The Morgan fingerprint density at radius 1 is 1.46 bits per heavy atom. The number of anilines is 2. The van der Waals surface area contributed by atoms with Crippen LogP contribution in [0.15, 0.2) is 34.1 Å². The number of hydrogen-bond donors (Lipinski definition) is 3. The third-order valence-corrected chi connectivity index (χ3v) is 6.33. The number of halogens is 2. The summed E-state index contributed by atoms with van der Waals surface area (Å²) in [6.07, 6.45) is 1.89. The van der Waals surface area contributed by atoms with E-state index in [0.717, 1.165) is 17.8 Å². The fourth-order valence-electron chi connectivity index (χ4n) is 2.89. The van der Waals surface area contributed by atoms with Gasteiger partial charge in [-0.15, -0.1) is 5.10 Å². The molecule has 0 amide bonds. The van der Waals surface area contributed by atoms with Crippen molar-refractivity contribution in [1.29, 1.82) is 0 Å². The van der Waals surface area contributed by atoms with Gasteiger partial charge in [-0.1, -0.05) is 11.6 Å². The van der Waals surface area contributed by atoms with Crippen LogP contribution in [0.2, 0.25) is 5.02 Å². The van der Waals surface area contributed by atoms with Gasteiger partial charge >= 0.3 is 0 Å².